The molecule has 3 N–H and O–H groups in total. The molecule has 2 aliphatic rings. The van der Waals surface area contributed by atoms with Gasteiger partial charge in [-0.05, 0) is 51.9 Å². The Morgan fingerprint density at radius 1 is 1.04 bits per heavy atom. The molecule has 2 saturated carbocycles. The summed E-state index contributed by atoms with van der Waals surface area (Å²) < 4.78 is 0. The van der Waals surface area contributed by atoms with Crippen LogP contribution < -0.4 is 16.0 Å². The molecule has 5 nitrogen and oxygen atoms in total. The maximum absolute atomic E-state index is 12.1. The van der Waals surface area contributed by atoms with Gasteiger partial charge in [0.2, 0.25) is 5.91 Å². The molecule has 3 amide bonds. The van der Waals surface area contributed by atoms with Crippen molar-refractivity contribution in [1.29, 1.82) is 0 Å². The lowest BCUT2D eigenvalue weighted by Gasteiger charge is -2.29. The van der Waals surface area contributed by atoms with Crippen LogP contribution in [-0.4, -0.2) is 30.6 Å². The summed E-state index contributed by atoms with van der Waals surface area (Å²) in [5.74, 6) is 1.05. The van der Waals surface area contributed by atoms with Crippen molar-refractivity contribution in [3.63, 3.8) is 0 Å². The van der Waals surface area contributed by atoms with Crippen LogP contribution in [-0.2, 0) is 4.79 Å². The minimum atomic E-state index is -0.0728. The Balaban J connectivity index is 1.60. The van der Waals surface area contributed by atoms with Gasteiger partial charge in [-0.1, -0.05) is 32.1 Å². The number of amides is 3. The van der Waals surface area contributed by atoms with Gasteiger partial charge in [-0.3, -0.25) is 4.79 Å². The summed E-state index contributed by atoms with van der Waals surface area (Å²) >= 11 is 0. The molecule has 0 spiro atoms. The topological polar surface area (TPSA) is 70.2 Å². The van der Waals surface area contributed by atoms with E-state index in [1.165, 1.54) is 32.1 Å². The van der Waals surface area contributed by atoms with E-state index in [0.717, 1.165) is 44.6 Å². The number of carbonyl (C=O) groups is 2. The van der Waals surface area contributed by atoms with Gasteiger partial charge in [-0.25, -0.2) is 4.79 Å². The van der Waals surface area contributed by atoms with Crippen LogP contribution in [0.4, 0.5) is 4.79 Å². The number of hydrogen-bond donors (Lipinski definition) is 3. The van der Waals surface area contributed by atoms with E-state index in [1.54, 1.807) is 0 Å². The van der Waals surface area contributed by atoms with Crippen molar-refractivity contribution in [2.24, 2.45) is 11.8 Å². The first-order chi connectivity index (χ1) is 11.5. The Morgan fingerprint density at radius 2 is 1.79 bits per heavy atom. The van der Waals surface area contributed by atoms with Crippen LogP contribution in [0.1, 0.15) is 78.1 Å². The van der Waals surface area contributed by atoms with E-state index < -0.39 is 0 Å². The molecule has 0 aliphatic heterocycles. The first-order valence-corrected chi connectivity index (χ1v) is 9.89. The monoisotopic (exact) mass is 337 g/mol. The molecule has 0 aromatic carbocycles. The Bertz CT molecular complexity index is 405. The Labute approximate surface area is 146 Å². The molecule has 2 fully saturated rings. The summed E-state index contributed by atoms with van der Waals surface area (Å²) in [6, 6.07) is 0.224. The van der Waals surface area contributed by atoms with Gasteiger partial charge in [0.1, 0.15) is 0 Å². The molecule has 2 rings (SSSR count). The van der Waals surface area contributed by atoms with E-state index >= 15 is 0 Å². The van der Waals surface area contributed by atoms with Gasteiger partial charge in [0.25, 0.3) is 0 Å². The minimum absolute atomic E-state index is 0.0359. The maximum Gasteiger partial charge on any atom is 0.315 e. The third kappa shape index (κ3) is 6.70. The highest BCUT2D eigenvalue weighted by molar-refractivity contribution is 5.79. The van der Waals surface area contributed by atoms with Gasteiger partial charge in [0, 0.05) is 24.5 Å². The standard InChI is InChI=1S/C19H35N3O2/c1-14(2)21-18(23)16-10-5-11-17(13-16)22-19(24)20-12-6-9-15-7-3-4-8-15/h14-17H,3-13H2,1-2H3,(H,21,23)(H2,20,22,24). The van der Waals surface area contributed by atoms with Crippen molar-refractivity contribution in [2.45, 2.75) is 90.1 Å². The van der Waals surface area contributed by atoms with Crippen LogP contribution in [0.15, 0.2) is 0 Å². The second-order valence-electron chi connectivity index (χ2n) is 7.92. The van der Waals surface area contributed by atoms with Crippen molar-refractivity contribution in [2.75, 3.05) is 6.54 Å². The molecule has 2 aliphatic carbocycles. The summed E-state index contributed by atoms with van der Waals surface area (Å²) in [5.41, 5.74) is 0. The normalized spacial score (nSPS) is 24.8. The summed E-state index contributed by atoms with van der Waals surface area (Å²) in [5, 5.41) is 9.02. The molecule has 0 aromatic heterocycles. The van der Waals surface area contributed by atoms with Gasteiger partial charge in [0.15, 0.2) is 0 Å². The molecule has 0 saturated heterocycles. The fraction of sp³-hybridized carbons (Fsp3) is 0.895. The first kappa shape index (κ1) is 19.1. The van der Waals surface area contributed by atoms with Gasteiger partial charge in [-0.15, -0.1) is 0 Å². The smallest absolute Gasteiger partial charge is 0.315 e. The fourth-order valence-corrected chi connectivity index (χ4v) is 4.09. The lowest BCUT2D eigenvalue weighted by atomic mass is 9.85. The Kier molecular flexibility index (Phi) is 7.86. The first-order valence-electron chi connectivity index (χ1n) is 9.89. The molecule has 0 radical (unpaired) electrons. The van der Waals surface area contributed by atoms with E-state index in [9.17, 15) is 9.59 Å². The van der Waals surface area contributed by atoms with Gasteiger partial charge in [-0.2, -0.15) is 0 Å². The van der Waals surface area contributed by atoms with Crippen LogP contribution in [0.5, 0.6) is 0 Å². The third-order valence-corrected chi connectivity index (χ3v) is 5.36. The highest BCUT2D eigenvalue weighted by Crippen LogP contribution is 2.28. The van der Waals surface area contributed by atoms with Crippen molar-refractivity contribution < 1.29 is 9.59 Å². The van der Waals surface area contributed by atoms with Gasteiger partial charge >= 0.3 is 6.03 Å². The van der Waals surface area contributed by atoms with Crippen LogP contribution >= 0.6 is 0 Å². The summed E-state index contributed by atoms with van der Waals surface area (Å²) in [7, 11) is 0. The Morgan fingerprint density at radius 3 is 2.50 bits per heavy atom. The molecule has 24 heavy (non-hydrogen) atoms. The fourth-order valence-electron chi connectivity index (χ4n) is 4.09. The van der Waals surface area contributed by atoms with E-state index in [2.05, 4.69) is 16.0 Å². The molecular weight excluding hydrogens is 302 g/mol. The van der Waals surface area contributed by atoms with E-state index in [1.807, 2.05) is 13.8 Å². The molecule has 0 aromatic rings. The lowest BCUT2D eigenvalue weighted by Crippen LogP contribution is -2.47. The summed E-state index contributed by atoms with van der Waals surface area (Å²) in [6.07, 6.45) is 11.5. The summed E-state index contributed by atoms with van der Waals surface area (Å²) in [6.45, 7) is 4.72. The van der Waals surface area contributed by atoms with Crippen molar-refractivity contribution in [3.8, 4) is 0 Å². The number of rotatable bonds is 7. The highest BCUT2D eigenvalue weighted by Gasteiger charge is 2.28. The van der Waals surface area contributed by atoms with Crippen molar-refractivity contribution in [3.05, 3.63) is 0 Å². The quantitative estimate of drug-likeness (QED) is 0.624. The Hall–Kier alpha value is -1.26. The van der Waals surface area contributed by atoms with Crippen molar-refractivity contribution in [1.82, 2.24) is 16.0 Å². The van der Waals surface area contributed by atoms with Gasteiger partial charge < -0.3 is 16.0 Å². The molecule has 2 atom stereocenters. The SMILES string of the molecule is CC(C)NC(=O)C1CCCC(NC(=O)NCCCC2CCCC2)C1. The molecule has 5 heteroatoms. The number of nitrogens with one attached hydrogen (secondary N) is 3. The number of hydrogen-bond acceptors (Lipinski definition) is 2. The predicted octanol–water partition coefficient (Wildman–Crippen LogP) is 3.34. The lowest BCUT2D eigenvalue weighted by molar-refractivity contribution is -0.126. The van der Waals surface area contributed by atoms with Crippen LogP contribution in [0.2, 0.25) is 0 Å². The molecule has 2 unspecified atom stereocenters. The van der Waals surface area contributed by atoms with Gasteiger partial charge in [0.05, 0.1) is 0 Å². The molecule has 138 valence electrons. The predicted molar refractivity (Wildman–Crippen MR) is 96.8 cm³/mol. The minimum Gasteiger partial charge on any atom is -0.354 e. The zero-order valence-corrected chi connectivity index (χ0v) is 15.4. The number of urea groups is 1. The molecule has 0 heterocycles. The highest BCUT2D eigenvalue weighted by atomic mass is 16.2. The van der Waals surface area contributed by atoms with E-state index in [-0.39, 0.29) is 29.9 Å². The van der Waals surface area contributed by atoms with Crippen molar-refractivity contribution >= 4 is 11.9 Å². The zero-order valence-electron chi connectivity index (χ0n) is 15.4. The average molecular weight is 338 g/mol. The maximum atomic E-state index is 12.1. The summed E-state index contributed by atoms with van der Waals surface area (Å²) in [4.78, 5) is 24.2. The van der Waals surface area contributed by atoms with Crippen LogP contribution in [0, 0.1) is 11.8 Å². The molecular formula is C19H35N3O2. The third-order valence-electron chi connectivity index (χ3n) is 5.36. The van der Waals surface area contributed by atoms with Crippen LogP contribution in [0.25, 0.3) is 0 Å². The second kappa shape index (κ2) is 9.90. The largest absolute Gasteiger partial charge is 0.354 e. The number of carbonyl (C=O) groups excluding carboxylic acids is 2. The van der Waals surface area contributed by atoms with Crippen LogP contribution in [0.3, 0.4) is 0 Å². The molecule has 0 bridgehead atoms. The van der Waals surface area contributed by atoms with E-state index in [4.69, 9.17) is 0 Å². The second-order valence-corrected chi connectivity index (χ2v) is 7.92. The van der Waals surface area contributed by atoms with E-state index in [0.29, 0.717) is 0 Å². The average Bonchev–Trinajstić information content (AvgIpc) is 3.04. The zero-order chi connectivity index (χ0) is 17.4.